The van der Waals surface area contributed by atoms with Gasteiger partial charge in [-0.15, -0.1) is 0 Å². The van der Waals surface area contributed by atoms with Crippen LogP contribution in [0.4, 0.5) is 0 Å². The second-order valence-corrected chi connectivity index (χ2v) is 7.96. The lowest BCUT2D eigenvalue weighted by Gasteiger charge is -2.30. The number of primary amides is 1. The molecule has 2 amide bonds. The van der Waals surface area contributed by atoms with Crippen LogP contribution in [0, 0.1) is 0 Å². The maximum Gasteiger partial charge on any atom is 0.303 e. The molecule has 0 aromatic heterocycles. The summed E-state index contributed by atoms with van der Waals surface area (Å²) in [7, 11) is 1.54. The van der Waals surface area contributed by atoms with Gasteiger partial charge in [0, 0.05) is 13.0 Å². The summed E-state index contributed by atoms with van der Waals surface area (Å²) in [6.45, 7) is 0.103. The van der Waals surface area contributed by atoms with Crippen molar-refractivity contribution in [2.75, 3.05) is 7.11 Å². The Morgan fingerprint density at radius 1 is 0.912 bits per heavy atom. The lowest BCUT2D eigenvalue weighted by molar-refractivity contribution is -0.142. The molecule has 0 bridgehead atoms. The van der Waals surface area contributed by atoms with Crippen LogP contribution in [0.3, 0.4) is 0 Å². The molecule has 7 heteroatoms. The maximum atomic E-state index is 13.4. The molecule has 0 spiro atoms. The molecule has 0 radical (unpaired) electrons. The predicted octanol–water partition coefficient (Wildman–Crippen LogP) is 3.65. The van der Waals surface area contributed by atoms with E-state index in [1.807, 2.05) is 60.7 Å². The van der Waals surface area contributed by atoms with Gasteiger partial charge in [-0.3, -0.25) is 14.4 Å². The highest BCUT2D eigenvalue weighted by atomic mass is 16.5. The standard InChI is InChI=1S/C27H28N2O5/c1-34-23-9-5-6-20(16-23)18-29(24(27(28)33)14-15-26(31)32)25(30)17-19-10-12-22(13-11-19)21-7-3-2-4-8-21/h2-13,16,24H,14-15,17-18H2,1H3,(H2,28,33)(H,31,32)/t24-/m0/s1. The van der Waals surface area contributed by atoms with E-state index in [-0.39, 0.29) is 31.7 Å². The number of nitrogens with zero attached hydrogens (tertiary/aromatic N) is 1. The Morgan fingerprint density at radius 2 is 1.59 bits per heavy atom. The Morgan fingerprint density at radius 3 is 2.21 bits per heavy atom. The molecule has 176 valence electrons. The number of hydrogen-bond donors (Lipinski definition) is 2. The zero-order valence-corrected chi connectivity index (χ0v) is 19.0. The van der Waals surface area contributed by atoms with E-state index in [1.54, 1.807) is 25.3 Å². The maximum absolute atomic E-state index is 13.4. The lowest BCUT2D eigenvalue weighted by Crippen LogP contribution is -2.48. The minimum atomic E-state index is -1.06. The number of carbonyl (C=O) groups is 3. The molecule has 0 aliphatic carbocycles. The average Bonchev–Trinajstić information content (AvgIpc) is 2.84. The molecule has 3 aromatic carbocycles. The second kappa shape index (κ2) is 11.7. The Balaban J connectivity index is 1.83. The van der Waals surface area contributed by atoms with E-state index in [0.717, 1.165) is 22.3 Å². The van der Waals surface area contributed by atoms with Gasteiger partial charge in [0.1, 0.15) is 11.8 Å². The van der Waals surface area contributed by atoms with E-state index < -0.39 is 17.9 Å². The molecule has 0 saturated heterocycles. The van der Waals surface area contributed by atoms with Crippen molar-refractivity contribution in [1.82, 2.24) is 4.90 Å². The van der Waals surface area contributed by atoms with E-state index in [2.05, 4.69) is 0 Å². The monoisotopic (exact) mass is 460 g/mol. The number of hydrogen-bond acceptors (Lipinski definition) is 4. The smallest absolute Gasteiger partial charge is 0.303 e. The predicted molar refractivity (Wildman–Crippen MR) is 129 cm³/mol. The first kappa shape index (κ1) is 24.5. The lowest BCUT2D eigenvalue weighted by atomic mass is 10.0. The Kier molecular flexibility index (Phi) is 8.40. The number of aliphatic carboxylic acids is 1. The van der Waals surface area contributed by atoms with E-state index in [4.69, 9.17) is 15.6 Å². The number of carbonyl (C=O) groups excluding carboxylic acids is 2. The summed E-state index contributed by atoms with van der Waals surface area (Å²) in [6, 6.07) is 23.6. The van der Waals surface area contributed by atoms with Crippen molar-refractivity contribution in [2.24, 2.45) is 5.73 Å². The van der Waals surface area contributed by atoms with Gasteiger partial charge in [-0.1, -0.05) is 66.7 Å². The van der Waals surface area contributed by atoms with Crippen LogP contribution < -0.4 is 10.5 Å². The number of methoxy groups -OCH3 is 1. The van der Waals surface area contributed by atoms with Gasteiger partial charge in [0.15, 0.2) is 0 Å². The second-order valence-electron chi connectivity index (χ2n) is 7.96. The van der Waals surface area contributed by atoms with Crippen molar-refractivity contribution in [3.05, 3.63) is 90.0 Å². The van der Waals surface area contributed by atoms with Gasteiger partial charge >= 0.3 is 5.97 Å². The number of rotatable bonds is 11. The fourth-order valence-corrected chi connectivity index (χ4v) is 3.77. The number of nitrogens with two attached hydrogens (primary N) is 1. The first-order valence-electron chi connectivity index (χ1n) is 10.9. The van der Waals surface area contributed by atoms with E-state index >= 15 is 0 Å². The van der Waals surface area contributed by atoms with Crippen molar-refractivity contribution in [2.45, 2.75) is 31.8 Å². The number of amides is 2. The molecule has 34 heavy (non-hydrogen) atoms. The SMILES string of the molecule is COc1cccc(CN(C(=O)Cc2ccc(-c3ccccc3)cc2)[C@@H](CCC(=O)O)C(N)=O)c1. The van der Waals surface area contributed by atoms with Crippen LogP contribution in [-0.4, -0.2) is 40.9 Å². The summed E-state index contributed by atoms with van der Waals surface area (Å²) < 4.78 is 5.25. The van der Waals surface area contributed by atoms with Crippen molar-refractivity contribution in [3.8, 4) is 16.9 Å². The summed E-state index contributed by atoms with van der Waals surface area (Å²) >= 11 is 0. The van der Waals surface area contributed by atoms with Crippen LogP contribution in [0.2, 0.25) is 0 Å². The molecule has 0 heterocycles. The summed E-state index contributed by atoms with van der Waals surface area (Å²) in [5, 5.41) is 9.11. The van der Waals surface area contributed by atoms with Crippen LogP contribution in [0.5, 0.6) is 5.75 Å². The zero-order chi connectivity index (χ0) is 24.5. The fourth-order valence-electron chi connectivity index (χ4n) is 3.77. The first-order valence-corrected chi connectivity index (χ1v) is 10.9. The Hall–Kier alpha value is -4.13. The van der Waals surface area contributed by atoms with E-state index in [1.165, 1.54) is 4.90 Å². The van der Waals surface area contributed by atoms with Crippen molar-refractivity contribution in [3.63, 3.8) is 0 Å². The van der Waals surface area contributed by atoms with Gasteiger partial charge in [-0.25, -0.2) is 0 Å². The molecular formula is C27H28N2O5. The quantitative estimate of drug-likeness (QED) is 0.454. The topological polar surface area (TPSA) is 110 Å². The zero-order valence-electron chi connectivity index (χ0n) is 19.0. The van der Waals surface area contributed by atoms with E-state index in [0.29, 0.717) is 5.75 Å². The van der Waals surface area contributed by atoms with Crippen molar-refractivity contribution >= 4 is 17.8 Å². The molecule has 0 aliphatic rings. The van der Waals surface area contributed by atoms with Crippen molar-refractivity contribution in [1.29, 1.82) is 0 Å². The normalized spacial score (nSPS) is 11.4. The first-order chi connectivity index (χ1) is 16.4. The molecule has 3 aromatic rings. The fraction of sp³-hybridized carbons (Fsp3) is 0.222. The minimum absolute atomic E-state index is 0.0515. The number of ether oxygens (including phenoxy) is 1. The Labute approximate surface area is 198 Å². The molecule has 1 atom stereocenters. The molecule has 3 N–H and O–H groups in total. The highest BCUT2D eigenvalue weighted by molar-refractivity contribution is 5.88. The summed E-state index contributed by atoms with van der Waals surface area (Å²) in [5.74, 6) is -1.50. The molecule has 3 rings (SSSR count). The average molecular weight is 461 g/mol. The van der Waals surface area contributed by atoms with E-state index in [9.17, 15) is 14.4 Å². The van der Waals surface area contributed by atoms with Gasteiger partial charge in [0.25, 0.3) is 0 Å². The number of carboxylic acid groups (broad SMARTS) is 1. The molecule has 7 nitrogen and oxygen atoms in total. The molecule has 0 saturated carbocycles. The Bertz CT molecular complexity index is 1130. The highest BCUT2D eigenvalue weighted by Crippen LogP contribution is 2.21. The van der Waals surface area contributed by atoms with Gasteiger partial charge in [-0.2, -0.15) is 0 Å². The molecule has 0 unspecified atom stereocenters. The van der Waals surface area contributed by atoms with Crippen LogP contribution >= 0.6 is 0 Å². The van der Waals surface area contributed by atoms with Crippen LogP contribution in [0.1, 0.15) is 24.0 Å². The third kappa shape index (κ3) is 6.68. The third-order valence-electron chi connectivity index (χ3n) is 5.56. The van der Waals surface area contributed by atoms with Crippen LogP contribution in [0.15, 0.2) is 78.9 Å². The van der Waals surface area contributed by atoms with Crippen LogP contribution in [0.25, 0.3) is 11.1 Å². The molecule has 0 aliphatic heterocycles. The van der Waals surface area contributed by atoms with Crippen LogP contribution in [-0.2, 0) is 27.3 Å². The van der Waals surface area contributed by atoms with Gasteiger partial charge in [0.2, 0.25) is 11.8 Å². The van der Waals surface area contributed by atoms with Crippen molar-refractivity contribution < 1.29 is 24.2 Å². The number of benzene rings is 3. The largest absolute Gasteiger partial charge is 0.497 e. The minimum Gasteiger partial charge on any atom is -0.497 e. The molecule has 0 fully saturated rings. The summed E-state index contributed by atoms with van der Waals surface area (Å²) in [5.41, 5.74) is 9.22. The van der Waals surface area contributed by atoms with Gasteiger partial charge in [-0.05, 0) is 40.8 Å². The molecular weight excluding hydrogens is 432 g/mol. The number of carboxylic acids is 1. The summed E-state index contributed by atoms with van der Waals surface area (Å²) in [4.78, 5) is 38.1. The van der Waals surface area contributed by atoms with Gasteiger partial charge < -0.3 is 20.5 Å². The van der Waals surface area contributed by atoms with Gasteiger partial charge in [0.05, 0.1) is 13.5 Å². The third-order valence-corrected chi connectivity index (χ3v) is 5.56. The summed E-state index contributed by atoms with van der Waals surface area (Å²) in [6.07, 6.45) is -0.287. The highest BCUT2D eigenvalue weighted by Gasteiger charge is 2.29.